The largest absolute Gasteiger partial charge is 0.446 e. The molecule has 2 aromatic heterocycles. The summed E-state index contributed by atoms with van der Waals surface area (Å²) in [7, 11) is 0. The van der Waals surface area contributed by atoms with Crippen molar-refractivity contribution in [3.05, 3.63) is 72.1 Å². The van der Waals surface area contributed by atoms with Gasteiger partial charge in [0.25, 0.3) is 5.91 Å². The number of piperidine rings is 2. The Morgan fingerprint density at radius 3 is 1.70 bits per heavy atom. The van der Waals surface area contributed by atoms with Gasteiger partial charge in [0.2, 0.25) is 0 Å². The number of hydrogen-bond acceptors (Lipinski definition) is 7. The zero-order chi connectivity index (χ0) is 32.5. The lowest BCUT2D eigenvalue weighted by Crippen LogP contribution is -2.55. The molecule has 244 valence electrons. The third-order valence-electron chi connectivity index (χ3n) is 9.67. The molecule has 5 heterocycles. The third kappa shape index (κ3) is 6.41. The lowest BCUT2D eigenvalue weighted by atomic mass is 9.70. The molecule has 3 aromatic rings. The van der Waals surface area contributed by atoms with E-state index in [1.165, 1.54) is 37.1 Å². The van der Waals surface area contributed by atoms with Crippen molar-refractivity contribution in [2.45, 2.75) is 80.2 Å². The minimum atomic E-state index is -4.45. The molecule has 2 atom stereocenters. The first-order chi connectivity index (χ1) is 22.1. The van der Waals surface area contributed by atoms with Crippen LogP contribution in [0.2, 0.25) is 0 Å². The minimum absolute atomic E-state index is 0.0274. The molecule has 12 heteroatoms. The summed E-state index contributed by atoms with van der Waals surface area (Å²) in [6, 6.07) is 12.5. The van der Waals surface area contributed by atoms with E-state index >= 15 is 0 Å². The lowest BCUT2D eigenvalue weighted by Gasteiger charge is -2.39. The number of thioether (sulfide) groups is 1. The third-order valence-corrected chi connectivity index (χ3v) is 10.4. The molecule has 0 spiro atoms. The van der Waals surface area contributed by atoms with Crippen LogP contribution in [0, 0.1) is 0 Å². The van der Waals surface area contributed by atoms with Gasteiger partial charge in [0, 0.05) is 55.3 Å². The zero-order valence-corrected chi connectivity index (χ0v) is 26.9. The smallest absolute Gasteiger partial charge is 0.357 e. The molecule has 3 aliphatic rings. The van der Waals surface area contributed by atoms with Gasteiger partial charge in [-0.05, 0) is 110 Å². The molecule has 1 N–H and O–H groups in total. The number of benzene rings is 1. The van der Waals surface area contributed by atoms with E-state index in [0.717, 1.165) is 79.5 Å². The van der Waals surface area contributed by atoms with Gasteiger partial charge in [0.15, 0.2) is 0 Å². The highest BCUT2D eigenvalue weighted by Crippen LogP contribution is 2.46. The van der Waals surface area contributed by atoms with Crippen molar-refractivity contribution in [3.63, 3.8) is 0 Å². The lowest BCUT2D eigenvalue weighted by molar-refractivity contribution is -0.123. The molecule has 0 radical (unpaired) electrons. The maximum atomic E-state index is 14.8. The summed E-state index contributed by atoms with van der Waals surface area (Å²) in [6.07, 6.45) is 10.2. The normalized spacial score (nSPS) is 22.2. The number of nitrogens with one attached hydrogen (secondary N) is 1. The first-order valence-electron chi connectivity index (χ1n) is 16.0. The van der Waals surface area contributed by atoms with Crippen LogP contribution in [0.4, 0.5) is 35.3 Å². The summed E-state index contributed by atoms with van der Waals surface area (Å²) in [5, 5.41) is 3.10. The van der Waals surface area contributed by atoms with Crippen molar-refractivity contribution in [1.29, 1.82) is 0 Å². The van der Waals surface area contributed by atoms with Crippen molar-refractivity contribution < 1.29 is 22.8 Å². The second kappa shape index (κ2) is 13.1. The number of carbonyl (C=O) groups is 2. The highest BCUT2D eigenvalue weighted by molar-refractivity contribution is 8.00. The van der Waals surface area contributed by atoms with Gasteiger partial charge in [-0.1, -0.05) is 13.8 Å². The fraction of sp³-hybridized carbons (Fsp3) is 0.471. The zero-order valence-electron chi connectivity index (χ0n) is 26.1. The number of halogens is 3. The summed E-state index contributed by atoms with van der Waals surface area (Å²) in [5.74, 6) is 0.259. The van der Waals surface area contributed by atoms with E-state index in [1.807, 2.05) is 38.1 Å². The SMILES string of the molecule is CC(c1ccnc(N2CCCCC2)c1)C1(C(C)c2ccnc(N3CCCCC3)c2)NC(=O)N(c2ccc(SC(F)(F)F)cc2)C1=O. The average Bonchev–Trinajstić information content (AvgIpc) is 3.34. The number of nitrogens with zero attached hydrogens (tertiary/aromatic N) is 5. The summed E-state index contributed by atoms with van der Waals surface area (Å²) in [6.45, 7) is 7.54. The number of pyridine rings is 2. The number of alkyl halides is 3. The molecular formula is C34H39F3N6O2S. The quantitative estimate of drug-likeness (QED) is 0.200. The molecular weight excluding hydrogens is 613 g/mol. The van der Waals surface area contributed by atoms with Crippen LogP contribution in [0.15, 0.2) is 65.8 Å². The van der Waals surface area contributed by atoms with E-state index in [0.29, 0.717) is 0 Å². The second-order valence-corrected chi connectivity index (χ2v) is 13.6. The van der Waals surface area contributed by atoms with Gasteiger partial charge in [0.05, 0.1) is 5.69 Å². The van der Waals surface area contributed by atoms with Crippen LogP contribution in [0.1, 0.15) is 75.3 Å². The molecule has 0 saturated carbocycles. The van der Waals surface area contributed by atoms with E-state index in [1.54, 1.807) is 12.4 Å². The Morgan fingerprint density at radius 1 is 0.761 bits per heavy atom. The van der Waals surface area contributed by atoms with E-state index in [4.69, 9.17) is 0 Å². The van der Waals surface area contributed by atoms with Gasteiger partial charge < -0.3 is 15.1 Å². The number of imide groups is 1. The fourth-order valence-corrected chi connectivity index (χ4v) is 7.62. The van der Waals surface area contributed by atoms with Crippen molar-refractivity contribution in [3.8, 4) is 0 Å². The molecule has 8 nitrogen and oxygen atoms in total. The van der Waals surface area contributed by atoms with Crippen molar-refractivity contribution in [2.75, 3.05) is 40.9 Å². The van der Waals surface area contributed by atoms with Crippen molar-refractivity contribution in [1.82, 2.24) is 15.3 Å². The second-order valence-electron chi connectivity index (χ2n) is 12.4. The topological polar surface area (TPSA) is 81.7 Å². The van der Waals surface area contributed by atoms with Crippen LogP contribution in [0.3, 0.4) is 0 Å². The fourth-order valence-electron chi connectivity index (χ4n) is 7.08. The summed E-state index contributed by atoms with van der Waals surface area (Å²) in [4.78, 5) is 43.4. The Bertz CT molecular complexity index is 1490. The minimum Gasteiger partial charge on any atom is -0.357 e. The summed E-state index contributed by atoms with van der Waals surface area (Å²) < 4.78 is 38.9. The van der Waals surface area contributed by atoms with Crippen LogP contribution >= 0.6 is 11.8 Å². The van der Waals surface area contributed by atoms with Gasteiger partial charge in [0.1, 0.15) is 17.2 Å². The molecule has 0 aliphatic carbocycles. The highest BCUT2D eigenvalue weighted by atomic mass is 32.2. The first-order valence-corrected chi connectivity index (χ1v) is 16.8. The van der Waals surface area contributed by atoms with Crippen molar-refractivity contribution >= 4 is 41.0 Å². The number of carbonyl (C=O) groups excluding carboxylic acids is 2. The van der Waals surface area contributed by atoms with E-state index in [9.17, 15) is 22.8 Å². The van der Waals surface area contributed by atoms with Crippen LogP contribution < -0.4 is 20.0 Å². The Kier molecular flexibility index (Phi) is 9.18. The summed E-state index contributed by atoms with van der Waals surface area (Å²) in [5.41, 5.74) is -3.92. The van der Waals surface area contributed by atoms with Gasteiger partial charge in [-0.3, -0.25) is 4.79 Å². The molecule has 3 fully saturated rings. The molecule has 1 aromatic carbocycles. The van der Waals surface area contributed by atoms with Gasteiger partial charge in [-0.15, -0.1) is 0 Å². The molecule has 46 heavy (non-hydrogen) atoms. The first kappa shape index (κ1) is 32.2. The number of anilines is 3. The average molecular weight is 653 g/mol. The Hall–Kier alpha value is -3.80. The molecule has 3 saturated heterocycles. The number of amides is 3. The molecule has 2 unspecified atom stereocenters. The van der Waals surface area contributed by atoms with Crippen LogP contribution in [0.5, 0.6) is 0 Å². The molecule has 3 aliphatic heterocycles. The Labute approximate surface area is 271 Å². The predicted molar refractivity (Wildman–Crippen MR) is 175 cm³/mol. The highest BCUT2D eigenvalue weighted by Gasteiger charge is 2.58. The maximum absolute atomic E-state index is 14.8. The standard InChI is InChI=1S/C34H39F3N6O2S/c1-23(25-13-15-38-29(21-25)41-17-5-3-6-18-41)33(24(2)26-14-16-39-30(22-26)42-19-7-4-8-20-42)31(44)43(32(45)40-33)27-9-11-28(12-10-27)46-34(35,36)37/h9-16,21-24H,3-8,17-20H2,1-2H3,(H,40,45). The number of hydrogen-bond donors (Lipinski definition) is 1. The molecule has 0 bridgehead atoms. The van der Waals surface area contributed by atoms with E-state index in [-0.39, 0.29) is 22.3 Å². The monoisotopic (exact) mass is 652 g/mol. The molecule has 3 amide bonds. The van der Waals surface area contributed by atoms with Crippen LogP contribution in [-0.2, 0) is 4.79 Å². The van der Waals surface area contributed by atoms with E-state index < -0.39 is 34.8 Å². The van der Waals surface area contributed by atoms with Crippen molar-refractivity contribution in [2.24, 2.45) is 0 Å². The number of aromatic nitrogens is 2. The molecule has 6 rings (SSSR count). The van der Waals surface area contributed by atoms with Crippen LogP contribution in [0.25, 0.3) is 0 Å². The Balaban J connectivity index is 1.39. The van der Waals surface area contributed by atoms with Gasteiger partial charge in [-0.25, -0.2) is 19.7 Å². The Morgan fingerprint density at radius 2 is 1.24 bits per heavy atom. The number of rotatable bonds is 8. The van der Waals surface area contributed by atoms with Gasteiger partial charge >= 0.3 is 11.5 Å². The van der Waals surface area contributed by atoms with E-state index in [2.05, 4.69) is 25.1 Å². The predicted octanol–water partition coefficient (Wildman–Crippen LogP) is 7.47. The summed E-state index contributed by atoms with van der Waals surface area (Å²) >= 11 is -0.240. The van der Waals surface area contributed by atoms with Crippen LogP contribution in [-0.4, -0.2) is 59.1 Å². The maximum Gasteiger partial charge on any atom is 0.446 e. The number of urea groups is 1. The van der Waals surface area contributed by atoms with Gasteiger partial charge in [-0.2, -0.15) is 13.2 Å².